The van der Waals surface area contributed by atoms with E-state index in [-0.39, 0.29) is 22.2 Å². The first kappa shape index (κ1) is 27.4. The summed E-state index contributed by atoms with van der Waals surface area (Å²) in [6.07, 6.45) is 7.52. The first-order chi connectivity index (χ1) is 18.6. The number of methoxy groups -OCH3 is 1. The second-order valence-corrected chi connectivity index (χ2v) is 11.3. The summed E-state index contributed by atoms with van der Waals surface area (Å²) in [7, 11) is 1.50. The van der Waals surface area contributed by atoms with Gasteiger partial charge in [0.25, 0.3) is 0 Å². The highest BCUT2D eigenvalue weighted by Crippen LogP contribution is 2.39. The predicted octanol–water partition coefficient (Wildman–Crippen LogP) is 6.58. The number of fused-ring (bicyclic) bond motifs is 1. The summed E-state index contributed by atoms with van der Waals surface area (Å²) in [5, 5.41) is 4.75. The molecule has 5 rings (SSSR count). The molecule has 1 atom stereocenters. The van der Waals surface area contributed by atoms with E-state index in [2.05, 4.69) is 15.1 Å². The Hall–Kier alpha value is -3.21. The third-order valence-electron chi connectivity index (χ3n) is 6.66. The molecule has 0 spiro atoms. The van der Waals surface area contributed by atoms with Gasteiger partial charge in [0.1, 0.15) is 23.0 Å². The normalized spacial score (nSPS) is 15.6. The SMILES string of the molecule is COC(c1c(Cl)ccc(F)c1Cl)c1c[nH]c2ncc(-c3cnn(C4CCN(C(=O)OC(C)(C)C)CC4)c3)nc12. The van der Waals surface area contributed by atoms with E-state index in [0.29, 0.717) is 41.1 Å². The highest BCUT2D eigenvalue weighted by atomic mass is 35.5. The van der Waals surface area contributed by atoms with Gasteiger partial charge in [-0.25, -0.2) is 19.2 Å². The summed E-state index contributed by atoms with van der Waals surface area (Å²) in [6, 6.07) is 2.81. The molecule has 0 radical (unpaired) electrons. The van der Waals surface area contributed by atoms with Gasteiger partial charge in [0, 0.05) is 54.3 Å². The highest BCUT2D eigenvalue weighted by molar-refractivity contribution is 6.36. The first-order valence-corrected chi connectivity index (χ1v) is 13.3. The van der Waals surface area contributed by atoms with Gasteiger partial charge >= 0.3 is 6.09 Å². The molecule has 9 nitrogen and oxygen atoms in total. The molecule has 0 aliphatic carbocycles. The van der Waals surface area contributed by atoms with Crippen LogP contribution in [0.5, 0.6) is 0 Å². The molecule has 1 aliphatic heterocycles. The number of ether oxygens (including phenoxy) is 2. The Morgan fingerprint density at radius 2 is 1.95 bits per heavy atom. The highest BCUT2D eigenvalue weighted by Gasteiger charge is 2.29. The Bertz CT molecular complexity index is 1510. The number of amides is 1. The molecule has 1 unspecified atom stereocenters. The van der Waals surface area contributed by atoms with Gasteiger partial charge in [0.05, 0.1) is 29.2 Å². The molecule has 0 bridgehead atoms. The molecule has 12 heteroatoms. The van der Waals surface area contributed by atoms with E-state index in [4.69, 9.17) is 37.7 Å². The minimum atomic E-state index is -0.767. The minimum Gasteiger partial charge on any atom is -0.444 e. The molecule has 4 aromatic rings. The smallest absolute Gasteiger partial charge is 0.410 e. The van der Waals surface area contributed by atoms with Gasteiger partial charge < -0.3 is 19.4 Å². The van der Waals surface area contributed by atoms with Crippen molar-refractivity contribution < 1.29 is 18.7 Å². The second kappa shape index (κ2) is 10.7. The third-order valence-corrected chi connectivity index (χ3v) is 7.37. The lowest BCUT2D eigenvalue weighted by molar-refractivity contribution is 0.0185. The molecule has 1 fully saturated rings. The number of rotatable bonds is 5. The molecule has 1 saturated heterocycles. The monoisotopic (exact) mass is 574 g/mol. The fourth-order valence-corrected chi connectivity index (χ4v) is 5.31. The van der Waals surface area contributed by atoms with E-state index < -0.39 is 17.5 Å². The number of nitrogens with zero attached hydrogens (tertiary/aromatic N) is 5. The number of carbonyl (C=O) groups excluding carboxylic acids is 1. The Labute approximate surface area is 235 Å². The van der Waals surface area contributed by atoms with Crippen LogP contribution in [0.25, 0.3) is 22.4 Å². The summed E-state index contributed by atoms with van der Waals surface area (Å²) < 4.78 is 27.4. The zero-order valence-electron chi connectivity index (χ0n) is 22.0. The number of carbonyl (C=O) groups is 1. The van der Waals surface area contributed by atoms with E-state index in [9.17, 15) is 9.18 Å². The van der Waals surface area contributed by atoms with Crippen molar-refractivity contribution in [1.29, 1.82) is 0 Å². The van der Waals surface area contributed by atoms with Crippen LogP contribution in [0.3, 0.4) is 0 Å². The number of likely N-dealkylation sites (tertiary alicyclic amines) is 1. The second-order valence-electron chi connectivity index (χ2n) is 10.5. The van der Waals surface area contributed by atoms with Crippen molar-refractivity contribution in [2.75, 3.05) is 20.2 Å². The quantitative estimate of drug-likeness (QED) is 0.270. The number of H-pyrrole nitrogens is 1. The number of nitrogens with one attached hydrogen (secondary N) is 1. The number of hydrogen-bond acceptors (Lipinski definition) is 6. The maximum atomic E-state index is 14.3. The number of piperidine rings is 1. The zero-order valence-corrected chi connectivity index (χ0v) is 23.6. The van der Waals surface area contributed by atoms with Crippen LogP contribution >= 0.6 is 23.2 Å². The topological polar surface area (TPSA) is 98.2 Å². The fraction of sp³-hybridized carbons (Fsp3) is 0.407. The van der Waals surface area contributed by atoms with E-state index in [0.717, 1.165) is 18.4 Å². The molecule has 1 aliphatic rings. The first-order valence-electron chi connectivity index (χ1n) is 12.6. The molecule has 206 valence electrons. The van der Waals surface area contributed by atoms with Crippen LogP contribution < -0.4 is 0 Å². The van der Waals surface area contributed by atoms with Crippen molar-refractivity contribution in [3.8, 4) is 11.3 Å². The number of benzene rings is 1. The van der Waals surface area contributed by atoms with Crippen molar-refractivity contribution in [2.24, 2.45) is 0 Å². The number of halogens is 3. The van der Waals surface area contributed by atoms with Crippen LogP contribution in [0.1, 0.15) is 56.9 Å². The average Bonchev–Trinajstić information content (AvgIpc) is 3.55. The van der Waals surface area contributed by atoms with E-state index in [1.165, 1.54) is 19.2 Å². The van der Waals surface area contributed by atoms with Crippen molar-refractivity contribution in [1.82, 2.24) is 29.6 Å². The van der Waals surface area contributed by atoms with Crippen LogP contribution in [-0.2, 0) is 9.47 Å². The molecule has 1 amide bonds. The average molecular weight is 575 g/mol. The number of hydrogen-bond donors (Lipinski definition) is 1. The Morgan fingerprint density at radius 1 is 1.21 bits per heavy atom. The molecule has 4 heterocycles. The molecular formula is C27H29Cl2FN6O3. The van der Waals surface area contributed by atoms with E-state index in [1.807, 2.05) is 31.6 Å². The van der Waals surface area contributed by atoms with E-state index in [1.54, 1.807) is 23.5 Å². The molecule has 0 saturated carbocycles. The van der Waals surface area contributed by atoms with Crippen molar-refractivity contribution >= 4 is 40.5 Å². The van der Waals surface area contributed by atoms with Gasteiger partial charge in [-0.1, -0.05) is 23.2 Å². The predicted molar refractivity (Wildman–Crippen MR) is 146 cm³/mol. The molecule has 39 heavy (non-hydrogen) atoms. The van der Waals surface area contributed by atoms with Crippen molar-refractivity contribution in [2.45, 2.75) is 51.4 Å². The standard InChI is InChI=1S/C27H29Cl2FN6O3/c1-27(2,3)39-26(37)35-9-7-16(8-10-35)36-14-15(11-33-36)20-13-32-25-23(34-20)17(12-31-25)24(38-4)21-18(28)5-6-19(30)22(21)29/h5-6,11-14,16,24H,7-10H2,1-4H3,(H,31,32). The Morgan fingerprint density at radius 3 is 2.64 bits per heavy atom. The van der Waals surface area contributed by atoms with Gasteiger partial charge in [0.2, 0.25) is 0 Å². The summed E-state index contributed by atoms with van der Waals surface area (Å²) in [4.78, 5) is 26.6. The van der Waals surface area contributed by atoms with Gasteiger partial charge in [-0.3, -0.25) is 4.68 Å². The lowest BCUT2D eigenvalue weighted by atomic mass is 10.0. The maximum Gasteiger partial charge on any atom is 0.410 e. The van der Waals surface area contributed by atoms with Crippen LogP contribution in [0, 0.1) is 5.82 Å². The van der Waals surface area contributed by atoms with Crippen LogP contribution in [0.2, 0.25) is 10.0 Å². The molecule has 1 aromatic carbocycles. The van der Waals surface area contributed by atoms with Crippen molar-refractivity contribution in [3.63, 3.8) is 0 Å². The van der Waals surface area contributed by atoms with Gasteiger partial charge in [-0.15, -0.1) is 0 Å². The third kappa shape index (κ3) is 5.59. The molecule has 3 aromatic heterocycles. The summed E-state index contributed by atoms with van der Waals surface area (Å²) in [5.41, 5.74) is 2.92. The number of aromatic amines is 1. The zero-order chi connectivity index (χ0) is 27.9. The lowest BCUT2D eigenvalue weighted by Crippen LogP contribution is -2.42. The lowest BCUT2D eigenvalue weighted by Gasteiger charge is -2.33. The summed E-state index contributed by atoms with van der Waals surface area (Å²) >= 11 is 12.7. The maximum absolute atomic E-state index is 14.3. The number of aromatic nitrogens is 5. The van der Waals surface area contributed by atoms with Crippen molar-refractivity contribution in [3.05, 3.63) is 63.9 Å². The molecule has 1 N–H and O–H groups in total. The van der Waals surface area contributed by atoms with Gasteiger partial charge in [-0.05, 0) is 45.7 Å². The summed E-state index contributed by atoms with van der Waals surface area (Å²) in [5.74, 6) is -0.589. The minimum absolute atomic E-state index is 0.105. The van der Waals surface area contributed by atoms with Gasteiger partial charge in [-0.2, -0.15) is 5.10 Å². The largest absolute Gasteiger partial charge is 0.444 e. The van der Waals surface area contributed by atoms with Crippen LogP contribution in [0.15, 0.2) is 36.9 Å². The van der Waals surface area contributed by atoms with Crippen LogP contribution in [0.4, 0.5) is 9.18 Å². The van der Waals surface area contributed by atoms with Crippen LogP contribution in [-0.4, -0.2) is 61.5 Å². The Kier molecular flexibility index (Phi) is 7.54. The Balaban J connectivity index is 1.37. The van der Waals surface area contributed by atoms with E-state index >= 15 is 0 Å². The summed E-state index contributed by atoms with van der Waals surface area (Å²) in [6.45, 7) is 6.77. The fourth-order valence-electron chi connectivity index (χ4n) is 4.74. The van der Waals surface area contributed by atoms with Gasteiger partial charge in [0.15, 0.2) is 5.65 Å². The molecular weight excluding hydrogens is 546 g/mol.